The molecule has 1 heterocycles. The lowest BCUT2D eigenvalue weighted by atomic mass is 9.95. The van der Waals surface area contributed by atoms with Crippen LogP contribution < -0.4 is 38.1 Å². The fraction of sp³-hybridized carbons (Fsp3) is 0.625. The van der Waals surface area contributed by atoms with Gasteiger partial charge in [0.15, 0.2) is 5.96 Å². The van der Waals surface area contributed by atoms with Crippen molar-refractivity contribution >= 4 is 35.5 Å². The summed E-state index contributed by atoms with van der Waals surface area (Å²) in [6.07, 6.45) is 1.33. The molecule has 1 aliphatic heterocycles. The van der Waals surface area contributed by atoms with E-state index in [1.165, 1.54) is 12.1 Å². The van der Waals surface area contributed by atoms with Gasteiger partial charge in [0.25, 0.3) is 0 Å². The zero-order chi connectivity index (χ0) is 34.6. The van der Waals surface area contributed by atoms with Crippen molar-refractivity contribution < 1.29 is 29.1 Å². The van der Waals surface area contributed by atoms with Gasteiger partial charge in [0.1, 0.15) is 36.0 Å². The second kappa shape index (κ2) is 18.0. The Labute approximate surface area is 271 Å². The van der Waals surface area contributed by atoms with Gasteiger partial charge in [0, 0.05) is 13.0 Å². The zero-order valence-electron chi connectivity index (χ0n) is 27.8. The van der Waals surface area contributed by atoms with Crippen molar-refractivity contribution in [3.8, 4) is 5.75 Å². The number of hydrogen-bond donors (Lipinski definition) is 8. The van der Waals surface area contributed by atoms with Crippen LogP contribution in [0.4, 0.5) is 0 Å². The van der Waals surface area contributed by atoms with Gasteiger partial charge >= 0.3 is 0 Å². The van der Waals surface area contributed by atoms with E-state index < -0.39 is 59.7 Å². The number of benzene rings is 1. The van der Waals surface area contributed by atoms with E-state index in [0.29, 0.717) is 24.8 Å². The third-order valence-electron chi connectivity index (χ3n) is 7.97. The number of guanidine groups is 1. The van der Waals surface area contributed by atoms with Crippen LogP contribution in [0.15, 0.2) is 29.3 Å². The first-order valence-electron chi connectivity index (χ1n) is 16.0. The lowest BCUT2D eigenvalue weighted by Crippen LogP contribution is -2.59. The molecule has 0 radical (unpaired) electrons. The van der Waals surface area contributed by atoms with Crippen LogP contribution in [0.25, 0.3) is 0 Å². The average Bonchev–Trinajstić information content (AvgIpc) is 2.98. The number of carbonyl (C=O) groups is 5. The van der Waals surface area contributed by atoms with Crippen LogP contribution in [0, 0.1) is 17.8 Å². The molecule has 0 aliphatic carbocycles. The number of phenols is 1. The Kier molecular flexibility index (Phi) is 14.8. The minimum Gasteiger partial charge on any atom is -0.508 e. The number of hydrogen-bond acceptors (Lipinski definition) is 7. The second-order valence-corrected chi connectivity index (χ2v) is 12.7. The van der Waals surface area contributed by atoms with Crippen molar-refractivity contribution in [2.24, 2.45) is 34.2 Å². The maximum atomic E-state index is 13.8. The highest BCUT2D eigenvalue weighted by molar-refractivity contribution is 5.98. The summed E-state index contributed by atoms with van der Waals surface area (Å²) in [5.74, 6) is -3.67. The van der Waals surface area contributed by atoms with E-state index in [4.69, 9.17) is 11.5 Å². The standard InChI is InChI=1S/C32H52N8O6/c1-7-19(6)26-31(46)38-24(16-20-10-12-21(41)13-11-20)28(43)36-22(9-8-14-35-32(33)34)27(42)39-25(18(4)5)30(45)37-23(15-17(2)3)29(44)40-26/h10-13,17-19,22-26,41H,7-9,14-16H2,1-6H3,(H,36,43)(H,37,45)(H,38,46)(H,39,42)(H,40,44)(H4,33,34,35)/t19-,22-,23+,24+,25-,26-/m1/s1. The maximum Gasteiger partial charge on any atom is 0.243 e. The van der Waals surface area contributed by atoms with Crippen molar-refractivity contribution in [3.63, 3.8) is 0 Å². The number of phenolic OH excluding ortho intramolecular Hbond substituents is 1. The SMILES string of the molecule is CC[C@@H](C)[C@H]1NC(=O)[C@H](CC(C)C)NC(=O)[C@@H](C(C)C)NC(=O)[C@@H](CCCN=C(N)N)NC(=O)[C@H](Cc2ccc(O)cc2)NC1=O. The number of amides is 5. The largest absolute Gasteiger partial charge is 0.508 e. The Balaban J connectivity index is 2.61. The van der Waals surface area contributed by atoms with Gasteiger partial charge in [-0.3, -0.25) is 29.0 Å². The Morgan fingerprint density at radius 2 is 1.28 bits per heavy atom. The number of aliphatic imine (C=N–C) groups is 1. The monoisotopic (exact) mass is 644 g/mol. The van der Waals surface area contributed by atoms with Gasteiger partial charge in [-0.05, 0) is 54.7 Å². The summed E-state index contributed by atoms with van der Waals surface area (Å²) >= 11 is 0. The quantitative estimate of drug-likeness (QED) is 0.0938. The molecule has 1 aromatic rings. The van der Waals surface area contributed by atoms with Crippen molar-refractivity contribution in [2.75, 3.05) is 6.54 Å². The predicted molar refractivity (Wildman–Crippen MR) is 175 cm³/mol. The first-order chi connectivity index (χ1) is 21.6. The molecule has 10 N–H and O–H groups in total. The van der Waals surface area contributed by atoms with Crippen molar-refractivity contribution in [2.45, 2.75) is 104 Å². The molecular formula is C32H52N8O6. The van der Waals surface area contributed by atoms with E-state index in [-0.39, 0.29) is 48.8 Å². The number of aromatic hydroxyl groups is 1. The predicted octanol–water partition coefficient (Wildman–Crippen LogP) is 0.174. The molecule has 1 saturated heterocycles. The van der Waals surface area contributed by atoms with E-state index in [1.807, 2.05) is 27.7 Å². The first kappa shape index (κ1) is 37.8. The van der Waals surface area contributed by atoms with E-state index in [1.54, 1.807) is 26.0 Å². The number of nitrogens with two attached hydrogens (primary N) is 2. The number of nitrogens with one attached hydrogen (secondary N) is 5. The molecule has 1 aromatic carbocycles. The minimum atomic E-state index is -1.15. The van der Waals surface area contributed by atoms with Crippen molar-refractivity contribution in [1.82, 2.24) is 26.6 Å². The topological polar surface area (TPSA) is 230 Å². The summed E-state index contributed by atoms with van der Waals surface area (Å²) < 4.78 is 0. The highest BCUT2D eigenvalue weighted by Crippen LogP contribution is 2.15. The third kappa shape index (κ3) is 11.9. The summed E-state index contributed by atoms with van der Waals surface area (Å²) in [5, 5.41) is 23.7. The van der Waals surface area contributed by atoms with Gasteiger partial charge in [0.05, 0.1) is 0 Å². The van der Waals surface area contributed by atoms with E-state index in [9.17, 15) is 29.1 Å². The molecule has 14 nitrogen and oxygen atoms in total. The molecule has 256 valence electrons. The molecule has 0 aromatic heterocycles. The van der Waals surface area contributed by atoms with Gasteiger partial charge < -0.3 is 43.2 Å². The van der Waals surface area contributed by atoms with Gasteiger partial charge in [-0.25, -0.2) is 0 Å². The second-order valence-electron chi connectivity index (χ2n) is 12.7. The smallest absolute Gasteiger partial charge is 0.243 e. The van der Waals surface area contributed by atoms with Crippen LogP contribution in [-0.2, 0) is 30.4 Å². The molecule has 46 heavy (non-hydrogen) atoms. The fourth-order valence-electron chi connectivity index (χ4n) is 5.09. The molecule has 0 saturated carbocycles. The molecule has 0 bridgehead atoms. The molecule has 1 fully saturated rings. The minimum absolute atomic E-state index is 0.0206. The molecule has 1 aliphatic rings. The van der Waals surface area contributed by atoms with Crippen molar-refractivity contribution in [3.05, 3.63) is 29.8 Å². The fourth-order valence-corrected chi connectivity index (χ4v) is 5.09. The van der Waals surface area contributed by atoms with Gasteiger partial charge in [-0.15, -0.1) is 0 Å². The van der Waals surface area contributed by atoms with Gasteiger partial charge in [0.2, 0.25) is 29.5 Å². The van der Waals surface area contributed by atoms with E-state index in [2.05, 4.69) is 31.6 Å². The lowest BCUT2D eigenvalue weighted by molar-refractivity contribution is -0.135. The molecule has 0 spiro atoms. The van der Waals surface area contributed by atoms with Crippen LogP contribution >= 0.6 is 0 Å². The molecular weight excluding hydrogens is 592 g/mol. The number of carbonyl (C=O) groups excluding carboxylic acids is 5. The van der Waals surface area contributed by atoms with Gasteiger partial charge in [-0.1, -0.05) is 60.1 Å². The summed E-state index contributed by atoms with van der Waals surface area (Å²) in [5.41, 5.74) is 11.5. The summed E-state index contributed by atoms with van der Waals surface area (Å²) in [4.78, 5) is 72.5. The highest BCUT2D eigenvalue weighted by atomic mass is 16.3. The summed E-state index contributed by atoms with van der Waals surface area (Å²) in [7, 11) is 0. The highest BCUT2D eigenvalue weighted by Gasteiger charge is 2.36. The van der Waals surface area contributed by atoms with Crippen LogP contribution in [0.2, 0.25) is 0 Å². The Hall–Kier alpha value is -4.36. The third-order valence-corrected chi connectivity index (χ3v) is 7.97. The average molecular weight is 645 g/mol. The van der Waals surface area contributed by atoms with Crippen LogP contribution in [0.3, 0.4) is 0 Å². The molecule has 0 unspecified atom stereocenters. The van der Waals surface area contributed by atoms with E-state index >= 15 is 0 Å². The van der Waals surface area contributed by atoms with Gasteiger partial charge in [-0.2, -0.15) is 0 Å². The first-order valence-corrected chi connectivity index (χ1v) is 16.0. The maximum absolute atomic E-state index is 13.8. The van der Waals surface area contributed by atoms with Crippen LogP contribution in [0.1, 0.15) is 72.8 Å². The lowest BCUT2D eigenvalue weighted by Gasteiger charge is -2.29. The Bertz CT molecular complexity index is 1230. The number of rotatable bonds is 11. The molecule has 14 heteroatoms. The summed E-state index contributed by atoms with van der Waals surface area (Å²) in [6, 6.07) is 0.927. The number of nitrogens with zero attached hydrogens (tertiary/aromatic N) is 1. The molecule has 5 amide bonds. The molecule has 2 rings (SSSR count). The Morgan fingerprint density at radius 3 is 1.85 bits per heavy atom. The van der Waals surface area contributed by atoms with Crippen molar-refractivity contribution in [1.29, 1.82) is 0 Å². The summed E-state index contributed by atoms with van der Waals surface area (Å²) in [6.45, 7) is 11.2. The van der Waals surface area contributed by atoms with E-state index in [0.717, 1.165) is 0 Å². The normalized spacial score (nSPS) is 24.1. The van der Waals surface area contributed by atoms with Crippen LogP contribution in [0.5, 0.6) is 5.75 Å². The zero-order valence-corrected chi connectivity index (χ0v) is 27.8. The Morgan fingerprint density at radius 1 is 0.761 bits per heavy atom. The molecule has 6 atom stereocenters. The van der Waals surface area contributed by atoms with Crippen LogP contribution in [-0.4, -0.2) is 77.4 Å².